The summed E-state index contributed by atoms with van der Waals surface area (Å²) in [7, 11) is 0. The molecule has 0 saturated carbocycles. The van der Waals surface area contributed by atoms with Gasteiger partial charge in [0.1, 0.15) is 11.6 Å². The number of piperidine rings is 1. The number of carbonyl (C=O) groups is 1. The van der Waals surface area contributed by atoms with Crippen molar-refractivity contribution in [1.29, 1.82) is 0 Å². The third-order valence-electron chi connectivity index (χ3n) is 4.52. The quantitative estimate of drug-likeness (QED) is 0.897. The second kappa shape index (κ2) is 7.74. The van der Waals surface area contributed by atoms with E-state index in [-0.39, 0.29) is 29.6 Å². The van der Waals surface area contributed by atoms with E-state index in [4.69, 9.17) is 0 Å². The highest BCUT2D eigenvalue weighted by molar-refractivity contribution is 5.98. The van der Waals surface area contributed by atoms with Gasteiger partial charge in [-0.15, -0.1) is 0 Å². The van der Waals surface area contributed by atoms with E-state index in [2.05, 4.69) is 5.32 Å². The first-order valence-electron chi connectivity index (χ1n) is 8.61. The molecular formula is C20H22F2N2O. The van der Waals surface area contributed by atoms with Crippen LogP contribution in [0.2, 0.25) is 0 Å². The van der Waals surface area contributed by atoms with Crippen LogP contribution in [0.3, 0.4) is 0 Å². The molecule has 1 heterocycles. The maximum atomic E-state index is 14.0. The molecule has 2 aromatic carbocycles. The Labute approximate surface area is 146 Å². The fraction of sp³-hybridized carbons (Fsp3) is 0.350. The van der Waals surface area contributed by atoms with Crippen molar-refractivity contribution in [2.45, 2.75) is 38.3 Å². The van der Waals surface area contributed by atoms with Gasteiger partial charge in [-0.3, -0.25) is 4.79 Å². The molecule has 3 rings (SSSR count). The smallest absolute Gasteiger partial charge is 0.244 e. The number of anilines is 1. The molecule has 1 fully saturated rings. The minimum Gasteiger partial charge on any atom is -0.308 e. The van der Waals surface area contributed by atoms with E-state index in [1.54, 1.807) is 30.3 Å². The number of carbonyl (C=O) groups excluding carboxylic acids is 1. The van der Waals surface area contributed by atoms with Gasteiger partial charge in [-0.2, -0.15) is 0 Å². The van der Waals surface area contributed by atoms with E-state index >= 15 is 0 Å². The molecule has 0 aromatic heterocycles. The highest BCUT2D eigenvalue weighted by atomic mass is 19.1. The minimum atomic E-state index is -0.379. The van der Waals surface area contributed by atoms with Crippen molar-refractivity contribution < 1.29 is 13.6 Å². The highest BCUT2D eigenvalue weighted by Crippen LogP contribution is 2.24. The van der Waals surface area contributed by atoms with Gasteiger partial charge in [0.25, 0.3) is 0 Å². The summed E-state index contributed by atoms with van der Waals surface area (Å²) in [5.74, 6) is -0.731. The van der Waals surface area contributed by atoms with Crippen LogP contribution in [-0.2, 0) is 11.2 Å². The second-order valence-corrected chi connectivity index (χ2v) is 6.53. The zero-order valence-corrected chi connectivity index (χ0v) is 14.2. The third-order valence-corrected chi connectivity index (χ3v) is 4.52. The summed E-state index contributed by atoms with van der Waals surface area (Å²) in [5, 5.41) is 3.34. The van der Waals surface area contributed by atoms with Crippen molar-refractivity contribution >= 4 is 11.6 Å². The molecule has 1 aliphatic rings. The molecule has 3 nitrogen and oxygen atoms in total. The van der Waals surface area contributed by atoms with Gasteiger partial charge in [0, 0.05) is 12.6 Å². The zero-order chi connectivity index (χ0) is 17.8. The lowest BCUT2D eigenvalue weighted by Gasteiger charge is -2.34. The Morgan fingerprint density at radius 3 is 2.60 bits per heavy atom. The third kappa shape index (κ3) is 4.23. The fourth-order valence-corrected chi connectivity index (χ4v) is 3.32. The molecule has 5 heteroatoms. The largest absolute Gasteiger partial charge is 0.308 e. The summed E-state index contributed by atoms with van der Waals surface area (Å²) in [6, 6.07) is 12.5. The molecule has 1 saturated heterocycles. The Hall–Kier alpha value is -2.27. The number of halogens is 2. The van der Waals surface area contributed by atoms with E-state index in [9.17, 15) is 13.6 Å². The van der Waals surface area contributed by atoms with E-state index in [1.807, 2.05) is 6.92 Å². The van der Waals surface area contributed by atoms with E-state index in [0.29, 0.717) is 18.7 Å². The molecule has 2 aromatic rings. The lowest BCUT2D eigenvalue weighted by molar-refractivity contribution is -0.122. The Morgan fingerprint density at radius 2 is 1.88 bits per heavy atom. The van der Waals surface area contributed by atoms with Crippen molar-refractivity contribution in [2.24, 2.45) is 0 Å². The molecule has 0 spiro atoms. The summed E-state index contributed by atoms with van der Waals surface area (Å²) in [6.07, 6.45) is 2.25. The fourth-order valence-electron chi connectivity index (χ4n) is 3.32. The van der Waals surface area contributed by atoms with E-state index in [1.165, 1.54) is 23.1 Å². The lowest BCUT2D eigenvalue weighted by Crippen LogP contribution is -2.53. The number of para-hydroxylation sites is 1. The van der Waals surface area contributed by atoms with Crippen molar-refractivity contribution in [3.8, 4) is 0 Å². The molecule has 2 unspecified atom stereocenters. The highest BCUT2D eigenvalue weighted by Gasteiger charge is 2.31. The van der Waals surface area contributed by atoms with Crippen LogP contribution in [0.1, 0.15) is 25.3 Å². The molecule has 1 aliphatic heterocycles. The predicted octanol–water partition coefficient (Wildman–Crippen LogP) is 3.68. The second-order valence-electron chi connectivity index (χ2n) is 6.53. The Kier molecular flexibility index (Phi) is 5.43. The molecule has 0 bridgehead atoms. The van der Waals surface area contributed by atoms with Gasteiger partial charge in [-0.1, -0.05) is 24.3 Å². The average Bonchev–Trinajstić information content (AvgIpc) is 2.60. The van der Waals surface area contributed by atoms with Crippen LogP contribution in [0.4, 0.5) is 14.5 Å². The standard InChI is InChI=1S/C20H22F2N2O/c1-14(13-15-8-10-16(21)11-9-15)23-18-6-4-12-24(20(18)25)19-7-3-2-5-17(19)22/h2-3,5,7-11,14,18,23H,4,6,12-13H2,1H3. The average molecular weight is 344 g/mol. The van der Waals surface area contributed by atoms with Crippen molar-refractivity contribution in [3.63, 3.8) is 0 Å². The number of hydrogen-bond acceptors (Lipinski definition) is 2. The van der Waals surface area contributed by atoms with Crippen LogP contribution in [0.15, 0.2) is 48.5 Å². The number of rotatable bonds is 5. The van der Waals surface area contributed by atoms with Crippen molar-refractivity contribution in [2.75, 3.05) is 11.4 Å². The number of nitrogens with zero attached hydrogens (tertiary/aromatic N) is 1. The first-order valence-corrected chi connectivity index (χ1v) is 8.61. The maximum absolute atomic E-state index is 14.0. The Bertz CT molecular complexity index is 733. The summed E-state index contributed by atoms with van der Waals surface area (Å²) in [4.78, 5) is 14.3. The van der Waals surface area contributed by atoms with Gasteiger partial charge in [0.15, 0.2) is 0 Å². The summed E-state index contributed by atoms with van der Waals surface area (Å²) in [6.45, 7) is 2.53. The van der Waals surface area contributed by atoms with Gasteiger partial charge in [-0.25, -0.2) is 8.78 Å². The molecule has 0 radical (unpaired) electrons. The van der Waals surface area contributed by atoms with E-state index in [0.717, 1.165) is 18.4 Å². The summed E-state index contributed by atoms with van der Waals surface area (Å²) >= 11 is 0. The molecule has 2 atom stereocenters. The van der Waals surface area contributed by atoms with Gasteiger partial charge in [-0.05, 0) is 56.0 Å². The normalized spacial score (nSPS) is 19.1. The molecule has 132 valence electrons. The lowest BCUT2D eigenvalue weighted by atomic mass is 10.0. The molecule has 1 N–H and O–H groups in total. The molecular weight excluding hydrogens is 322 g/mol. The van der Waals surface area contributed by atoms with Crippen LogP contribution in [0.25, 0.3) is 0 Å². The first kappa shape index (κ1) is 17.5. The summed E-state index contributed by atoms with van der Waals surface area (Å²) < 4.78 is 27.0. The maximum Gasteiger partial charge on any atom is 0.244 e. The van der Waals surface area contributed by atoms with Crippen LogP contribution in [0, 0.1) is 11.6 Å². The van der Waals surface area contributed by atoms with E-state index < -0.39 is 0 Å². The van der Waals surface area contributed by atoms with Gasteiger partial charge in [0.05, 0.1) is 11.7 Å². The van der Waals surface area contributed by atoms with Gasteiger partial charge in [0.2, 0.25) is 5.91 Å². The predicted molar refractivity (Wildman–Crippen MR) is 94.5 cm³/mol. The number of amides is 1. The first-order chi connectivity index (χ1) is 12.0. The molecule has 0 aliphatic carbocycles. The number of hydrogen-bond donors (Lipinski definition) is 1. The van der Waals surface area contributed by atoms with Crippen molar-refractivity contribution in [3.05, 3.63) is 65.7 Å². The molecule has 1 amide bonds. The van der Waals surface area contributed by atoms with Gasteiger partial charge >= 0.3 is 0 Å². The SMILES string of the molecule is CC(Cc1ccc(F)cc1)NC1CCCN(c2ccccc2F)C1=O. The van der Waals surface area contributed by atoms with Crippen LogP contribution in [0.5, 0.6) is 0 Å². The monoisotopic (exact) mass is 344 g/mol. The Morgan fingerprint density at radius 1 is 1.16 bits per heavy atom. The Balaban J connectivity index is 1.65. The topological polar surface area (TPSA) is 32.3 Å². The number of benzene rings is 2. The van der Waals surface area contributed by atoms with Crippen LogP contribution in [-0.4, -0.2) is 24.5 Å². The minimum absolute atomic E-state index is 0.0555. The number of nitrogens with one attached hydrogen (secondary N) is 1. The zero-order valence-electron chi connectivity index (χ0n) is 14.2. The summed E-state index contributed by atoms with van der Waals surface area (Å²) in [5.41, 5.74) is 1.35. The van der Waals surface area contributed by atoms with Crippen LogP contribution >= 0.6 is 0 Å². The van der Waals surface area contributed by atoms with Crippen LogP contribution < -0.4 is 10.2 Å². The van der Waals surface area contributed by atoms with Crippen molar-refractivity contribution in [1.82, 2.24) is 5.32 Å². The molecule has 25 heavy (non-hydrogen) atoms. The van der Waals surface area contributed by atoms with Gasteiger partial charge < -0.3 is 10.2 Å².